The Kier molecular flexibility index (Phi) is 5.86. The zero-order chi connectivity index (χ0) is 31.8. The van der Waals surface area contributed by atoms with Gasteiger partial charge >= 0.3 is 0 Å². The van der Waals surface area contributed by atoms with Crippen LogP contribution in [0.15, 0.2) is 170 Å². The van der Waals surface area contributed by atoms with Gasteiger partial charge in [0, 0.05) is 28.9 Å². The summed E-state index contributed by atoms with van der Waals surface area (Å²) in [7, 11) is 2.20. The molecule has 10 rings (SSSR count). The standard InChI is InChI=1S/C47H31N/c1-48-43-20-10-19-41(47(43)42-28-34-13-4-5-14-35(34)29-44(42)48)46-39-17-8-6-15-37(39)45(38-16-7-9-18-40(38)46)32-24-21-31(22-25-32)36-26-23-30-11-2-3-12-33(30)27-36/h2-29H,1H3. The van der Waals surface area contributed by atoms with E-state index in [-0.39, 0.29) is 0 Å². The van der Waals surface area contributed by atoms with E-state index in [1.165, 1.54) is 98.3 Å². The van der Waals surface area contributed by atoms with Crippen LogP contribution in [0.25, 0.3) is 98.3 Å². The molecule has 1 heteroatoms. The van der Waals surface area contributed by atoms with Crippen molar-refractivity contribution >= 4 is 64.9 Å². The van der Waals surface area contributed by atoms with Crippen LogP contribution in [0.4, 0.5) is 0 Å². The van der Waals surface area contributed by atoms with Gasteiger partial charge in [-0.3, -0.25) is 0 Å². The number of benzene rings is 9. The number of aryl methyl sites for hydroxylation is 1. The van der Waals surface area contributed by atoms with Crippen LogP contribution in [0, 0.1) is 0 Å². The summed E-state index contributed by atoms with van der Waals surface area (Å²) in [5.41, 5.74) is 10.1. The molecule has 10 aromatic rings. The number of rotatable bonds is 3. The lowest BCUT2D eigenvalue weighted by Crippen LogP contribution is -1.92. The third-order valence-electron chi connectivity index (χ3n) is 10.4. The predicted molar refractivity (Wildman–Crippen MR) is 207 cm³/mol. The molecule has 0 fully saturated rings. The highest BCUT2D eigenvalue weighted by atomic mass is 14.9. The normalized spacial score (nSPS) is 11.9. The molecule has 224 valence electrons. The van der Waals surface area contributed by atoms with E-state index in [2.05, 4.69) is 181 Å². The molecule has 1 aromatic heterocycles. The summed E-state index contributed by atoms with van der Waals surface area (Å²) >= 11 is 0. The van der Waals surface area contributed by atoms with Crippen LogP contribution in [0.3, 0.4) is 0 Å². The molecule has 0 bridgehead atoms. The molecule has 1 heterocycles. The van der Waals surface area contributed by atoms with Crippen LogP contribution < -0.4 is 0 Å². The van der Waals surface area contributed by atoms with Crippen molar-refractivity contribution in [2.45, 2.75) is 0 Å². The lowest BCUT2D eigenvalue weighted by Gasteiger charge is -2.18. The van der Waals surface area contributed by atoms with Crippen LogP contribution in [0.1, 0.15) is 0 Å². The molecule has 0 aliphatic heterocycles. The maximum Gasteiger partial charge on any atom is 0.0495 e. The van der Waals surface area contributed by atoms with Crippen molar-refractivity contribution in [3.8, 4) is 33.4 Å². The summed E-state index contributed by atoms with van der Waals surface area (Å²) < 4.78 is 2.36. The molecule has 0 saturated carbocycles. The van der Waals surface area contributed by atoms with Crippen LogP contribution in [0.5, 0.6) is 0 Å². The van der Waals surface area contributed by atoms with Crippen molar-refractivity contribution < 1.29 is 0 Å². The summed E-state index contributed by atoms with van der Waals surface area (Å²) in [6.07, 6.45) is 0. The Morgan fingerprint density at radius 3 is 1.52 bits per heavy atom. The summed E-state index contributed by atoms with van der Waals surface area (Å²) in [6, 6.07) is 62.6. The highest BCUT2D eigenvalue weighted by Gasteiger charge is 2.20. The van der Waals surface area contributed by atoms with Crippen molar-refractivity contribution in [2.75, 3.05) is 0 Å². The minimum Gasteiger partial charge on any atom is -0.344 e. The van der Waals surface area contributed by atoms with Crippen LogP contribution in [0.2, 0.25) is 0 Å². The Balaban J connectivity index is 1.23. The maximum absolute atomic E-state index is 2.38. The minimum absolute atomic E-state index is 1.23. The number of nitrogens with zero attached hydrogens (tertiary/aromatic N) is 1. The zero-order valence-electron chi connectivity index (χ0n) is 26.6. The highest BCUT2D eigenvalue weighted by molar-refractivity contribution is 6.26. The van der Waals surface area contributed by atoms with E-state index < -0.39 is 0 Å². The first kappa shape index (κ1) is 27.0. The van der Waals surface area contributed by atoms with E-state index in [0.29, 0.717) is 0 Å². The zero-order valence-corrected chi connectivity index (χ0v) is 26.6. The van der Waals surface area contributed by atoms with Crippen molar-refractivity contribution in [3.63, 3.8) is 0 Å². The third kappa shape index (κ3) is 3.98. The Morgan fingerprint density at radius 2 is 0.854 bits per heavy atom. The topological polar surface area (TPSA) is 4.93 Å². The molecule has 0 atom stereocenters. The van der Waals surface area contributed by atoms with E-state index in [1.54, 1.807) is 0 Å². The minimum atomic E-state index is 1.23. The largest absolute Gasteiger partial charge is 0.344 e. The molecule has 0 aliphatic carbocycles. The second-order valence-electron chi connectivity index (χ2n) is 13.0. The average Bonchev–Trinajstić information content (AvgIpc) is 3.43. The van der Waals surface area contributed by atoms with E-state index in [9.17, 15) is 0 Å². The second-order valence-corrected chi connectivity index (χ2v) is 13.0. The number of aromatic nitrogens is 1. The van der Waals surface area contributed by atoms with Crippen molar-refractivity contribution in [1.29, 1.82) is 0 Å². The molecule has 0 aliphatic rings. The number of hydrogen-bond acceptors (Lipinski definition) is 0. The SMILES string of the molecule is Cn1c2cc3ccccc3cc2c2c(-c3c4ccccc4c(-c4ccc(-c5ccc6ccccc6c5)cc4)c4ccccc34)cccc21. The molecular weight excluding hydrogens is 579 g/mol. The lowest BCUT2D eigenvalue weighted by molar-refractivity contribution is 1.02. The Hall–Kier alpha value is -6.18. The predicted octanol–water partition coefficient (Wildman–Crippen LogP) is 12.9. The fraction of sp³-hybridized carbons (Fsp3) is 0.0213. The van der Waals surface area contributed by atoms with Crippen LogP contribution >= 0.6 is 0 Å². The van der Waals surface area contributed by atoms with Gasteiger partial charge in [0.1, 0.15) is 0 Å². The molecule has 48 heavy (non-hydrogen) atoms. The van der Waals surface area contributed by atoms with Gasteiger partial charge in [0.25, 0.3) is 0 Å². The van der Waals surface area contributed by atoms with Gasteiger partial charge in [-0.25, -0.2) is 0 Å². The van der Waals surface area contributed by atoms with Crippen LogP contribution in [-0.4, -0.2) is 4.57 Å². The quantitative estimate of drug-likeness (QED) is 0.176. The molecule has 0 radical (unpaired) electrons. The van der Waals surface area contributed by atoms with E-state index >= 15 is 0 Å². The van der Waals surface area contributed by atoms with E-state index in [0.717, 1.165) is 0 Å². The van der Waals surface area contributed by atoms with Gasteiger partial charge in [-0.05, 0) is 101 Å². The summed E-state index contributed by atoms with van der Waals surface area (Å²) in [4.78, 5) is 0. The Labute approximate surface area is 278 Å². The summed E-state index contributed by atoms with van der Waals surface area (Å²) in [5.74, 6) is 0. The molecular formula is C47H31N. The van der Waals surface area contributed by atoms with Crippen LogP contribution in [-0.2, 0) is 7.05 Å². The molecule has 0 unspecified atom stereocenters. The van der Waals surface area contributed by atoms with Gasteiger partial charge < -0.3 is 4.57 Å². The van der Waals surface area contributed by atoms with Gasteiger partial charge in [0.15, 0.2) is 0 Å². The second kappa shape index (κ2) is 10.4. The smallest absolute Gasteiger partial charge is 0.0495 e. The van der Waals surface area contributed by atoms with E-state index in [4.69, 9.17) is 0 Å². The monoisotopic (exact) mass is 609 g/mol. The van der Waals surface area contributed by atoms with Gasteiger partial charge in [-0.1, -0.05) is 146 Å². The van der Waals surface area contributed by atoms with Gasteiger partial charge in [-0.15, -0.1) is 0 Å². The molecule has 1 nitrogen and oxygen atoms in total. The van der Waals surface area contributed by atoms with Gasteiger partial charge in [0.05, 0.1) is 0 Å². The van der Waals surface area contributed by atoms with Gasteiger partial charge in [-0.2, -0.15) is 0 Å². The lowest BCUT2D eigenvalue weighted by atomic mass is 9.84. The first-order valence-electron chi connectivity index (χ1n) is 16.7. The Morgan fingerprint density at radius 1 is 0.333 bits per heavy atom. The summed E-state index contributed by atoms with van der Waals surface area (Å²) in [6.45, 7) is 0. The summed E-state index contributed by atoms with van der Waals surface area (Å²) in [5, 5.41) is 12.8. The average molecular weight is 610 g/mol. The molecule has 0 spiro atoms. The number of fused-ring (bicyclic) bond motifs is 7. The van der Waals surface area contributed by atoms with Gasteiger partial charge in [0.2, 0.25) is 0 Å². The number of hydrogen-bond donors (Lipinski definition) is 0. The van der Waals surface area contributed by atoms with Crippen molar-refractivity contribution in [1.82, 2.24) is 4.57 Å². The fourth-order valence-electron chi connectivity index (χ4n) is 8.07. The molecule has 9 aromatic carbocycles. The van der Waals surface area contributed by atoms with Crippen molar-refractivity contribution in [2.24, 2.45) is 7.05 Å². The van der Waals surface area contributed by atoms with E-state index in [1.807, 2.05) is 0 Å². The first-order valence-corrected chi connectivity index (χ1v) is 16.7. The first-order chi connectivity index (χ1) is 23.7. The maximum atomic E-state index is 2.38. The molecule has 0 N–H and O–H groups in total. The fourth-order valence-corrected chi connectivity index (χ4v) is 8.07. The van der Waals surface area contributed by atoms with Crippen molar-refractivity contribution in [3.05, 3.63) is 170 Å². The Bertz CT molecular complexity index is 2830. The molecule has 0 saturated heterocycles. The third-order valence-corrected chi connectivity index (χ3v) is 10.4. The molecule has 0 amide bonds. The highest BCUT2D eigenvalue weighted by Crippen LogP contribution is 2.47.